The maximum Gasteiger partial charge on any atom is 0.425 e. The van der Waals surface area contributed by atoms with E-state index in [9.17, 15) is 4.79 Å². The summed E-state index contributed by atoms with van der Waals surface area (Å²) in [5, 5.41) is 1.37. The first-order valence-corrected chi connectivity index (χ1v) is 5.26. The number of rotatable bonds is 0. The molecule has 4 nitrogen and oxygen atoms in total. The molecular formula is C10H16N2O2. The van der Waals surface area contributed by atoms with Crippen molar-refractivity contribution in [3.05, 3.63) is 0 Å². The van der Waals surface area contributed by atoms with E-state index in [0.717, 1.165) is 12.8 Å². The highest BCUT2D eigenvalue weighted by atomic mass is 16.6. The Bertz CT molecular complexity index is 315. The topological polar surface area (TPSA) is 55.6 Å². The van der Waals surface area contributed by atoms with Crippen LogP contribution in [0.4, 0.5) is 4.79 Å². The molecule has 1 heterocycles. The van der Waals surface area contributed by atoms with Crippen molar-refractivity contribution in [1.82, 2.24) is 5.01 Å². The van der Waals surface area contributed by atoms with Crippen LogP contribution in [0.25, 0.3) is 0 Å². The number of hydrazine groups is 1. The van der Waals surface area contributed by atoms with E-state index < -0.39 is 0 Å². The molecule has 1 amide bonds. The molecule has 4 heteroatoms. The Hall–Kier alpha value is -0.770. The van der Waals surface area contributed by atoms with Crippen molar-refractivity contribution in [3.8, 4) is 0 Å². The fourth-order valence-corrected chi connectivity index (χ4v) is 3.95. The molecule has 0 radical (unpaired) electrons. The molecule has 2 saturated carbocycles. The first-order valence-electron chi connectivity index (χ1n) is 5.26. The summed E-state index contributed by atoms with van der Waals surface area (Å²) in [7, 11) is 0. The lowest BCUT2D eigenvalue weighted by molar-refractivity contribution is 0.0554. The summed E-state index contributed by atoms with van der Waals surface area (Å²) >= 11 is 0. The summed E-state index contributed by atoms with van der Waals surface area (Å²) in [6.45, 7) is 4.43. The second-order valence-electron chi connectivity index (χ2n) is 5.36. The van der Waals surface area contributed by atoms with Gasteiger partial charge in [0, 0.05) is 0 Å². The van der Waals surface area contributed by atoms with Crippen molar-refractivity contribution in [1.29, 1.82) is 0 Å². The summed E-state index contributed by atoms with van der Waals surface area (Å²) < 4.78 is 5.32. The highest BCUT2D eigenvalue weighted by Crippen LogP contribution is 2.64. The molecule has 0 unspecified atom stereocenters. The first kappa shape index (κ1) is 8.53. The maximum atomic E-state index is 11.4. The lowest BCUT2D eigenvalue weighted by Crippen LogP contribution is -2.58. The SMILES string of the molecule is CC1(C)[C@@H]2CC[C@]13[C@H](C2)OC(=O)N3N. The number of hydrogen-bond acceptors (Lipinski definition) is 3. The third-order valence-electron chi connectivity index (χ3n) is 4.91. The van der Waals surface area contributed by atoms with E-state index in [1.165, 1.54) is 11.4 Å². The van der Waals surface area contributed by atoms with Crippen LogP contribution >= 0.6 is 0 Å². The van der Waals surface area contributed by atoms with E-state index in [1.54, 1.807) is 0 Å². The molecule has 3 atom stereocenters. The molecule has 2 N–H and O–H groups in total. The second kappa shape index (κ2) is 2.08. The van der Waals surface area contributed by atoms with Gasteiger partial charge in [0.1, 0.15) is 11.6 Å². The molecule has 1 aliphatic heterocycles. The quantitative estimate of drug-likeness (QED) is 0.468. The van der Waals surface area contributed by atoms with Crippen molar-refractivity contribution >= 4 is 6.09 Å². The van der Waals surface area contributed by atoms with Gasteiger partial charge in [0.05, 0.1) is 0 Å². The minimum absolute atomic E-state index is 0.0359. The molecule has 78 valence electrons. The molecule has 1 saturated heterocycles. The van der Waals surface area contributed by atoms with Crippen LogP contribution < -0.4 is 5.84 Å². The van der Waals surface area contributed by atoms with Crippen molar-refractivity contribution in [3.63, 3.8) is 0 Å². The lowest BCUT2D eigenvalue weighted by Gasteiger charge is -2.39. The van der Waals surface area contributed by atoms with Gasteiger partial charge in [-0.05, 0) is 30.6 Å². The van der Waals surface area contributed by atoms with Crippen LogP contribution in [0.2, 0.25) is 0 Å². The second-order valence-corrected chi connectivity index (χ2v) is 5.36. The predicted octanol–water partition coefficient (Wildman–Crippen LogP) is 1.26. The van der Waals surface area contributed by atoms with E-state index in [4.69, 9.17) is 10.6 Å². The number of hydrogen-bond donors (Lipinski definition) is 1. The Morgan fingerprint density at radius 2 is 2.29 bits per heavy atom. The van der Waals surface area contributed by atoms with Crippen molar-refractivity contribution < 1.29 is 9.53 Å². The third-order valence-corrected chi connectivity index (χ3v) is 4.91. The average Bonchev–Trinajstić information content (AvgIpc) is 2.60. The molecule has 0 aromatic carbocycles. The number of amides is 1. The van der Waals surface area contributed by atoms with E-state index in [1.807, 2.05) is 0 Å². The maximum absolute atomic E-state index is 11.4. The van der Waals surface area contributed by atoms with Crippen LogP contribution in [0.1, 0.15) is 33.1 Å². The smallest absolute Gasteiger partial charge is 0.425 e. The van der Waals surface area contributed by atoms with Crippen LogP contribution in [-0.4, -0.2) is 22.7 Å². The Balaban J connectivity index is 2.13. The number of nitrogens with zero attached hydrogens (tertiary/aromatic N) is 1. The van der Waals surface area contributed by atoms with E-state index in [0.29, 0.717) is 5.92 Å². The molecule has 0 aromatic rings. The monoisotopic (exact) mass is 196 g/mol. The number of carbonyl (C=O) groups is 1. The van der Waals surface area contributed by atoms with Gasteiger partial charge < -0.3 is 4.74 Å². The van der Waals surface area contributed by atoms with Gasteiger partial charge in [0.25, 0.3) is 0 Å². The molecular weight excluding hydrogens is 180 g/mol. The van der Waals surface area contributed by atoms with Gasteiger partial charge >= 0.3 is 6.09 Å². The Morgan fingerprint density at radius 3 is 2.86 bits per heavy atom. The largest absolute Gasteiger partial charge is 0.443 e. The Kier molecular flexibility index (Phi) is 1.27. The fourth-order valence-electron chi connectivity index (χ4n) is 3.95. The van der Waals surface area contributed by atoms with Crippen LogP contribution in [0.15, 0.2) is 0 Å². The van der Waals surface area contributed by atoms with Crippen LogP contribution in [-0.2, 0) is 4.74 Å². The summed E-state index contributed by atoms with van der Waals surface area (Å²) in [5.41, 5.74) is -0.104. The normalized spacial score (nSPS) is 48.2. The highest BCUT2D eigenvalue weighted by molar-refractivity contribution is 5.72. The summed E-state index contributed by atoms with van der Waals surface area (Å²) in [5.74, 6) is 6.53. The van der Waals surface area contributed by atoms with Crippen molar-refractivity contribution in [2.75, 3.05) is 0 Å². The zero-order chi connectivity index (χ0) is 10.1. The molecule has 0 aromatic heterocycles. The zero-order valence-corrected chi connectivity index (χ0v) is 8.62. The van der Waals surface area contributed by atoms with E-state index >= 15 is 0 Å². The first-order chi connectivity index (χ1) is 6.50. The molecule has 3 fully saturated rings. The zero-order valence-electron chi connectivity index (χ0n) is 8.62. The van der Waals surface area contributed by atoms with Gasteiger partial charge in [-0.2, -0.15) is 0 Å². The van der Waals surface area contributed by atoms with Crippen LogP contribution in [0, 0.1) is 11.3 Å². The van der Waals surface area contributed by atoms with Gasteiger partial charge in [0.15, 0.2) is 0 Å². The van der Waals surface area contributed by atoms with Crippen molar-refractivity contribution in [2.45, 2.75) is 44.8 Å². The van der Waals surface area contributed by atoms with Gasteiger partial charge in [0.2, 0.25) is 0 Å². The fraction of sp³-hybridized carbons (Fsp3) is 0.900. The summed E-state index contributed by atoms with van der Waals surface area (Å²) in [6.07, 6.45) is 2.86. The Morgan fingerprint density at radius 1 is 1.57 bits per heavy atom. The van der Waals surface area contributed by atoms with E-state index in [2.05, 4.69) is 13.8 Å². The summed E-state index contributed by atoms with van der Waals surface area (Å²) in [4.78, 5) is 11.4. The molecule has 3 aliphatic rings. The van der Waals surface area contributed by atoms with E-state index in [-0.39, 0.29) is 23.2 Å². The minimum atomic E-state index is -0.344. The number of carbonyl (C=O) groups excluding carboxylic acids is 1. The average molecular weight is 196 g/mol. The van der Waals surface area contributed by atoms with Crippen LogP contribution in [0.5, 0.6) is 0 Å². The number of ether oxygens (including phenoxy) is 1. The van der Waals surface area contributed by atoms with Gasteiger partial charge in [-0.3, -0.25) is 0 Å². The Labute approximate surface area is 83.4 Å². The molecule has 14 heavy (non-hydrogen) atoms. The number of fused-ring (bicyclic) bond motifs is 1. The molecule has 3 rings (SSSR count). The van der Waals surface area contributed by atoms with Crippen molar-refractivity contribution in [2.24, 2.45) is 17.2 Å². The standard InChI is InChI=1S/C10H16N2O2/c1-9(2)6-3-4-10(9)7(5-6)14-8(13)12(10)11/h6-7H,3-5,11H2,1-2H3/t6-,7+,10+/m1/s1. The minimum Gasteiger partial charge on any atom is -0.443 e. The molecule has 1 spiro atoms. The van der Waals surface area contributed by atoms with Crippen LogP contribution in [0.3, 0.4) is 0 Å². The molecule has 2 aliphatic carbocycles. The van der Waals surface area contributed by atoms with Gasteiger partial charge in [-0.25, -0.2) is 15.6 Å². The number of nitrogens with two attached hydrogens (primary N) is 1. The molecule has 2 bridgehead atoms. The third kappa shape index (κ3) is 0.601. The lowest BCUT2D eigenvalue weighted by atomic mass is 9.75. The predicted molar refractivity (Wildman–Crippen MR) is 50.1 cm³/mol. The van der Waals surface area contributed by atoms with Gasteiger partial charge in [-0.1, -0.05) is 13.8 Å². The summed E-state index contributed by atoms with van der Waals surface area (Å²) in [6, 6.07) is 0. The highest BCUT2D eigenvalue weighted by Gasteiger charge is 2.72. The van der Waals surface area contributed by atoms with Gasteiger partial charge in [-0.15, -0.1) is 0 Å².